The Bertz CT molecular complexity index is 1610. The molecule has 5 aromatic rings. The maximum atomic E-state index is 11.7. The van der Waals surface area contributed by atoms with E-state index in [1.807, 2.05) is 54.6 Å². The van der Waals surface area contributed by atoms with Gasteiger partial charge in [-0.1, -0.05) is 110 Å². The molecule has 5 aromatic carbocycles. The normalized spacial score (nSPS) is 22.2. The van der Waals surface area contributed by atoms with Crippen molar-refractivity contribution in [3.8, 4) is 0 Å². The lowest BCUT2D eigenvalue weighted by Gasteiger charge is -2.44. The highest BCUT2D eigenvalue weighted by Gasteiger charge is 2.47. The van der Waals surface area contributed by atoms with Crippen molar-refractivity contribution in [3.63, 3.8) is 0 Å². The molecule has 1 saturated heterocycles. The molecule has 1 heterocycles. The van der Waals surface area contributed by atoms with E-state index in [2.05, 4.69) is 67.6 Å². The van der Waals surface area contributed by atoms with E-state index < -0.39 is 24.4 Å². The zero-order valence-electron chi connectivity index (χ0n) is 24.4. The minimum absolute atomic E-state index is 0.254. The van der Waals surface area contributed by atoms with Crippen molar-refractivity contribution in [1.82, 2.24) is 0 Å². The van der Waals surface area contributed by atoms with Gasteiger partial charge in [0.2, 0.25) is 0 Å². The van der Waals surface area contributed by atoms with Crippen molar-refractivity contribution in [1.29, 1.82) is 0 Å². The van der Waals surface area contributed by atoms with Crippen molar-refractivity contribution in [2.45, 2.75) is 56.6 Å². The largest absolute Gasteiger partial charge is 0.387 e. The van der Waals surface area contributed by atoms with Crippen molar-refractivity contribution in [3.05, 3.63) is 132 Å². The molecule has 0 unspecified atom stereocenters. The lowest BCUT2D eigenvalue weighted by atomic mass is 9.99. The first-order valence-electron chi connectivity index (χ1n) is 14.9. The molecule has 5 atom stereocenters. The van der Waals surface area contributed by atoms with Crippen molar-refractivity contribution >= 4 is 33.3 Å². The van der Waals surface area contributed by atoms with Crippen LogP contribution in [-0.2, 0) is 38.8 Å². The molecule has 0 saturated carbocycles. The van der Waals surface area contributed by atoms with Crippen LogP contribution in [0.3, 0.4) is 0 Å². The molecule has 43 heavy (non-hydrogen) atoms. The first-order chi connectivity index (χ1) is 21.2. The first-order valence-corrected chi connectivity index (χ1v) is 16.0. The summed E-state index contributed by atoms with van der Waals surface area (Å²) >= 11 is 1.67. The average molecular weight is 595 g/mol. The maximum Gasteiger partial charge on any atom is 0.132 e. The van der Waals surface area contributed by atoms with Crippen LogP contribution in [0.5, 0.6) is 0 Å². The molecule has 222 valence electrons. The molecule has 0 bridgehead atoms. The van der Waals surface area contributed by atoms with E-state index in [0.29, 0.717) is 19.8 Å². The highest BCUT2D eigenvalue weighted by Crippen LogP contribution is 2.34. The summed E-state index contributed by atoms with van der Waals surface area (Å²) in [5, 5.41) is 16.4. The molecule has 0 aliphatic carbocycles. The number of ether oxygens (including phenoxy) is 4. The van der Waals surface area contributed by atoms with Crippen LogP contribution in [0.2, 0.25) is 0 Å². The van der Waals surface area contributed by atoms with Gasteiger partial charge in [0.05, 0.1) is 26.4 Å². The second-order valence-corrected chi connectivity index (χ2v) is 12.3. The maximum absolute atomic E-state index is 11.7. The average Bonchev–Trinajstić information content (AvgIpc) is 3.05. The van der Waals surface area contributed by atoms with Crippen LogP contribution in [0.1, 0.15) is 23.6 Å². The predicted molar refractivity (Wildman–Crippen MR) is 174 cm³/mol. The topological polar surface area (TPSA) is 57.2 Å². The van der Waals surface area contributed by atoms with Gasteiger partial charge in [0.15, 0.2) is 0 Å². The van der Waals surface area contributed by atoms with Gasteiger partial charge in [-0.15, -0.1) is 11.8 Å². The summed E-state index contributed by atoms with van der Waals surface area (Å²) < 4.78 is 25.6. The van der Waals surface area contributed by atoms with Crippen LogP contribution in [-0.4, -0.2) is 47.3 Å². The molecule has 1 N–H and O–H groups in total. The quantitative estimate of drug-likeness (QED) is 0.161. The highest BCUT2D eigenvalue weighted by molar-refractivity contribution is 7.99. The SMILES string of the molecule is CCS[C@@H]1O[C@H](COCc2ccccc2)[C@H](O)[C@H](OCc2ccc3ccccc3c2)[C@H]1OCc1ccc2ccccc2c1. The summed E-state index contributed by atoms with van der Waals surface area (Å²) in [6.45, 7) is 3.54. The molecule has 0 spiro atoms. The standard InChI is InChI=1S/C37H38O5S/c1-2-43-37-36(41-24-28-17-19-30-13-7-9-15-32(30)21-28)35(40-23-27-16-18-29-12-6-8-14-31(29)20-27)34(38)33(42-37)25-39-22-26-10-4-3-5-11-26/h3-21,33-38H,2,22-25H2,1H3/t33-,34+,35+,36-,37+/m1/s1. The van der Waals surface area contributed by atoms with E-state index in [-0.39, 0.29) is 12.0 Å². The third-order valence-electron chi connectivity index (χ3n) is 7.86. The molecule has 6 rings (SSSR count). The zero-order valence-corrected chi connectivity index (χ0v) is 25.2. The number of rotatable bonds is 12. The Kier molecular flexibility index (Phi) is 10.1. The van der Waals surface area contributed by atoms with Gasteiger partial charge >= 0.3 is 0 Å². The molecule has 6 heteroatoms. The van der Waals surface area contributed by atoms with Gasteiger partial charge in [-0.2, -0.15) is 0 Å². The Labute approximate surface area is 257 Å². The summed E-state index contributed by atoms with van der Waals surface area (Å²) in [4.78, 5) is 0. The van der Waals surface area contributed by atoms with E-state index in [1.54, 1.807) is 11.8 Å². The summed E-state index contributed by atoms with van der Waals surface area (Å²) in [7, 11) is 0. The number of hydrogen-bond acceptors (Lipinski definition) is 6. The smallest absolute Gasteiger partial charge is 0.132 e. The molecule has 0 radical (unpaired) electrons. The molecule has 0 amide bonds. The lowest BCUT2D eigenvalue weighted by Crippen LogP contribution is -2.59. The van der Waals surface area contributed by atoms with Crippen LogP contribution < -0.4 is 0 Å². The molecule has 0 aromatic heterocycles. The Morgan fingerprint density at radius 1 is 0.628 bits per heavy atom. The summed E-state index contributed by atoms with van der Waals surface area (Å²) in [5.74, 6) is 0.839. The van der Waals surface area contributed by atoms with Gasteiger partial charge in [0, 0.05) is 0 Å². The van der Waals surface area contributed by atoms with Gasteiger partial charge in [0.1, 0.15) is 29.9 Å². The molecule has 1 fully saturated rings. The lowest BCUT2D eigenvalue weighted by molar-refractivity contribution is -0.240. The Balaban J connectivity index is 1.21. The monoisotopic (exact) mass is 594 g/mol. The van der Waals surface area contributed by atoms with E-state index in [1.165, 1.54) is 16.2 Å². The number of hydrogen-bond donors (Lipinski definition) is 1. The van der Waals surface area contributed by atoms with E-state index in [4.69, 9.17) is 18.9 Å². The number of fused-ring (bicyclic) bond motifs is 2. The summed E-state index contributed by atoms with van der Waals surface area (Å²) in [6.07, 6.45) is -2.55. The van der Waals surface area contributed by atoms with E-state index >= 15 is 0 Å². The predicted octanol–water partition coefficient (Wildman–Crippen LogP) is 7.52. The van der Waals surface area contributed by atoms with Crippen LogP contribution >= 0.6 is 11.8 Å². The molecule has 5 nitrogen and oxygen atoms in total. The summed E-state index contributed by atoms with van der Waals surface area (Å²) in [6, 6.07) is 39.3. The van der Waals surface area contributed by atoms with Crippen LogP contribution in [0.15, 0.2) is 115 Å². The molecular formula is C37H38O5S. The van der Waals surface area contributed by atoms with Crippen LogP contribution in [0.25, 0.3) is 21.5 Å². The Morgan fingerprint density at radius 3 is 1.79 bits per heavy atom. The molecule has 1 aliphatic heterocycles. The second kappa shape index (κ2) is 14.5. The third kappa shape index (κ3) is 7.47. The van der Waals surface area contributed by atoms with Crippen LogP contribution in [0.4, 0.5) is 0 Å². The highest BCUT2D eigenvalue weighted by atomic mass is 32.2. The third-order valence-corrected chi connectivity index (χ3v) is 8.90. The Morgan fingerprint density at radius 2 is 1.19 bits per heavy atom. The first kappa shape index (κ1) is 29.8. The van der Waals surface area contributed by atoms with Crippen LogP contribution in [0, 0.1) is 0 Å². The Hall–Kier alpha value is -3.23. The van der Waals surface area contributed by atoms with Gasteiger partial charge < -0.3 is 24.1 Å². The fourth-order valence-corrected chi connectivity index (χ4v) is 6.58. The fourth-order valence-electron chi connectivity index (χ4n) is 5.60. The zero-order chi connectivity index (χ0) is 29.4. The molecule has 1 aliphatic rings. The van der Waals surface area contributed by atoms with E-state index in [0.717, 1.165) is 27.8 Å². The number of aliphatic hydroxyl groups is 1. The number of thioether (sulfide) groups is 1. The molecular weight excluding hydrogens is 556 g/mol. The van der Waals surface area contributed by atoms with Gasteiger partial charge in [-0.25, -0.2) is 0 Å². The van der Waals surface area contributed by atoms with Crippen molar-refractivity contribution in [2.24, 2.45) is 0 Å². The summed E-state index contributed by atoms with van der Waals surface area (Å²) in [5.41, 5.74) is 2.87. The number of aliphatic hydroxyl groups excluding tert-OH is 1. The number of benzene rings is 5. The fraction of sp³-hybridized carbons (Fsp3) is 0.297. The van der Waals surface area contributed by atoms with Crippen molar-refractivity contribution in [2.75, 3.05) is 12.4 Å². The van der Waals surface area contributed by atoms with Gasteiger partial charge in [-0.3, -0.25) is 0 Å². The van der Waals surface area contributed by atoms with E-state index in [9.17, 15) is 5.11 Å². The van der Waals surface area contributed by atoms with Gasteiger partial charge in [0.25, 0.3) is 0 Å². The van der Waals surface area contributed by atoms with Crippen molar-refractivity contribution < 1.29 is 24.1 Å². The van der Waals surface area contributed by atoms with Gasteiger partial charge in [-0.05, 0) is 56.1 Å². The minimum Gasteiger partial charge on any atom is -0.387 e. The second-order valence-electron chi connectivity index (χ2n) is 10.9. The minimum atomic E-state index is -0.925.